The quantitative estimate of drug-likeness (QED) is 0.645. The van der Waals surface area contributed by atoms with Crippen molar-refractivity contribution in [3.05, 3.63) is 48.3 Å². The van der Waals surface area contributed by atoms with Gasteiger partial charge in [-0.1, -0.05) is 23.9 Å². The first kappa shape index (κ1) is 14.0. The molecule has 0 unspecified atom stereocenters. The number of hydrogen-bond acceptors (Lipinski definition) is 5. The molecule has 1 amide bonds. The molecule has 2 rings (SSSR count). The number of rotatable bonds is 5. The number of carboxylic acid groups (broad SMARTS) is 1. The Kier molecular flexibility index (Phi) is 4.67. The van der Waals surface area contributed by atoms with E-state index in [1.54, 1.807) is 36.7 Å². The van der Waals surface area contributed by atoms with E-state index in [1.165, 1.54) is 17.8 Å². The second-order valence-corrected chi connectivity index (χ2v) is 4.66. The van der Waals surface area contributed by atoms with Crippen molar-refractivity contribution in [3.63, 3.8) is 0 Å². The highest BCUT2D eigenvalue weighted by Gasteiger charge is 2.12. The van der Waals surface area contributed by atoms with E-state index in [1.807, 2.05) is 0 Å². The van der Waals surface area contributed by atoms with Crippen LogP contribution in [0, 0.1) is 0 Å². The number of para-hydroxylation sites is 1. The molecule has 0 aliphatic heterocycles. The number of carbonyl (C=O) groups is 2. The van der Waals surface area contributed by atoms with Crippen molar-refractivity contribution < 1.29 is 14.7 Å². The molecule has 1 aromatic carbocycles. The molecule has 0 spiro atoms. The molecule has 0 bridgehead atoms. The summed E-state index contributed by atoms with van der Waals surface area (Å²) in [6.45, 7) is 0. The average molecular weight is 289 g/mol. The van der Waals surface area contributed by atoms with Gasteiger partial charge < -0.3 is 10.4 Å². The summed E-state index contributed by atoms with van der Waals surface area (Å²) in [4.78, 5) is 30.7. The fraction of sp³-hybridized carbons (Fsp3) is 0.0769. The lowest BCUT2D eigenvalue weighted by Gasteiger charge is -2.07. The number of nitrogens with zero attached hydrogens (tertiary/aromatic N) is 2. The highest BCUT2D eigenvalue weighted by atomic mass is 32.2. The molecular weight excluding hydrogens is 278 g/mol. The first-order chi connectivity index (χ1) is 9.66. The Morgan fingerprint density at radius 1 is 1.15 bits per heavy atom. The van der Waals surface area contributed by atoms with Gasteiger partial charge in [0, 0.05) is 12.4 Å². The fourth-order valence-corrected chi connectivity index (χ4v) is 2.06. The zero-order valence-electron chi connectivity index (χ0n) is 10.3. The van der Waals surface area contributed by atoms with Crippen LogP contribution in [0.1, 0.15) is 10.4 Å². The van der Waals surface area contributed by atoms with Crippen LogP contribution in [0.5, 0.6) is 0 Å². The van der Waals surface area contributed by atoms with Gasteiger partial charge in [0.25, 0.3) is 0 Å². The van der Waals surface area contributed by atoms with Gasteiger partial charge in [0.2, 0.25) is 5.91 Å². The van der Waals surface area contributed by atoms with Gasteiger partial charge in [0.15, 0.2) is 5.16 Å². The third kappa shape index (κ3) is 3.79. The van der Waals surface area contributed by atoms with Crippen molar-refractivity contribution in [1.82, 2.24) is 9.97 Å². The Hall–Kier alpha value is -2.41. The maximum atomic E-state index is 11.8. The fourth-order valence-electron chi connectivity index (χ4n) is 1.45. The second kappa shape index (κ2) is 6.67. The lowest BCUT2D eigenvalue weighted by molar-refractivity contribution is -0.113. The number of carboxylic acids is 1. The van der Waals surface area contributed by atoms with Gasteiger partial charge in [-0.05, 0) is 18.2 Å². The first-order valence-corrected chi connectivity index (χ1v) is 6.67. The normalized spacial score (nSPS) is 10.0. The van der Waals surface area contributed by atoms with Crippen LogP contribution in [0.2, 0.25) is 0 Å². The molecular formula is C13H11N3O3S. The van der Waals surface area contributed by atoms with E-state index >= 15 is 0 Å². The summed E-state index contributed by atoms with van der Waals surface area (Å²) in [6.07, 6.45) is 3.18. The predicted molar refractivity (Wildman–Crippen MR) is 74.8 cm³/mol. The highest BCUT2D eigenvalue weighted by Crippen LogP contribution is 2.16. The van der Waals surface area contributed by atoms with E-state index < -0.39 is 5.97 Å². The molecule has 0 aliphatic carbocycles. The van der Waals surface area contributed by atoms with Crippen molar-refractivity contribution in [2.75, 3.05) is 11.1 Å². The largest absolute Gasteiger partial charge is 0.478 e. The maximum Gasteiger partial charge on any atom is 0.337 e. The topological polar surface area (TPSA) is 92.2 Å². The number of amides is 1. The Morgan fingerprint density at radius 3 is 2.55 bits per heavy atom. The van der Waals surface area contributed by atoms with Crippen molar-refractivity contribution >= 4 is 29.3 Å². The van der Waals surface area contributed by atoms with E-state index in [9.17, 15) is 9.59 Å². The van der Waals surface area contributed by atoms with Crippen molar-refractivity contribution in [2.24, 2.45) is 0 Å². The third-order valence-corrected chi connectivity index (χ3v) is 3.18. The summed E-state index contributed by atoms with van der Waals surface area (Å²) in [6, 6.07) is 7.94. The Bertz CT molecular complexity index is 619. The number of hydrogen-bond donors (Lipinski definition) is 2. The molecule has 2 N–H and O–H groups in total. The minimum absolute atomic E-state index is 0.0572. The summed E-state index contributed by atoms with van der Waals surface area (Å²) in [5.74, 6) is -1.28. The SMILES string of the molecule is O=C(CSc1ncccn1)Nc1ccccc1C(=O)O. The van der Waals surface area contributed by atoms with Gasteiger partial charge in [-0.15, -0.1) is 0 Å². The van der Waals surface area contributed by atoms with Gasteiger partial charge >= 0.3 is 5.97 Å². The lowest BCUT2D eigenvalue weighted by Crippen LogP contribution is -2.16. The highest BCUT2D eigenvalue weighted by molar-refractivity contribution is 7.99. The molecule has 102 valence electrons. The van der Waals surface area contributed by atoms with Gasteiger partial charge in [-0.3, -0.25) is 4.79 Å². The molecule has 0 atom stereocenters. The molecule has 20 heavy (non-hydrogen) atoms. The molecule has 6 nitrogen and oxygen atoms in total. The number of thioether (sulfide) groups is 1. The van der Waals surface area contributed by atoms with Gasteiger partial charge in [-0.2, -0.15) is 0 Å². The minimum atomic E-state index is -1.08. The first-order valence-electron chi connectivity index (χ1n) is 5.69. The summed E-state index contributed by atoms with van der Waals surface area (Å²) < 4.78 is 0. The summed E-state index contributed by atoms with van der Waals surface area (Å²) in [7, 11) is 0. The second-order valence-electron chi connectivity index (χ2n) is 3.72. The molecule has 1 heterocycles. The predicted octanol–water partition coefficient (Wildman–Crippen LogP) is 1.91. The van der Waals surface area contributed by atoms with E-state index in [2.05, 4.69) is 15.3 Å². The number of carbonyl (C=O) groups excluding carboxylic acids is 1. The van der Waals surface area contributed by atoms with Gasteiger partial charge in [0.05, 0.1) is 17.0 Å². The number of aromatic carboxylic acids is 1. The number of nitrogens with one attached hydrogen (secondary N) is 1. The molecule has 0 fully saturated rings. The van der Waals surface area contributed by atoms with Crippen LogP contribution in [0.15, 0.2) is 47.9 Å². The summed E-state index contributed by atoms with van der Waals surface area (Å²) in [5, 5.41) is 12.1. The molecule has 2 aromatic rings. The van der Waals surface area contributed by atoms with Crippen LogP contribution in [0.25, 0.3) is 0 Å². The molecule has 0 saturated carbocycles. The van der Waals surface area contributed by atoms with Crippen molar-refractivity contribution in [3.8, 4) is 0 Å². The third-order valence-electron chi connectivity index (χ3n) is 2.31. The smallest absolute Gasteiger partial charge is 0.337 e. The molecule has 7 heteroatoms. The van der Waals surface area contributed by atoms with E-state index in [-0.39, 0.29) is 22.9 Å². The summed E-state index contributed by atoms with van der Waals surface area (Å²) >= 11 is 1.18. The maximum absolute atomic E-state index is 11.8. The van der Waals surface area contributed by atoms with Gasteiger partial charge in [-0.25, -0.2) is 14.8 Å². The Labute approximate surface area is 119 Å². The number of aromatic nitrogens is 2. The number of benzene rings is 1. The van der Waals surface area contributed by atoms with Crippen molar-refractivity contribution in [1.29, 1.82) is 0 Å². The average Bonchev–Trinajstić information content (AvgIpc) is 2.46. The van der Waals surface area contributed by atoms with Crippen LogP contribution in [-0.2, 0) is 4.79 Å². The zero-order chi connectivity index (χ0) is 14.4. The molecule has 0 radical (unpaired) electrons. The number of anilines is 1. The zero-order valence-corrected chi connectivity index (χ0v) is 11.1. The van der Waals surface area contributed by atoms with Crippen molar-refractivity contribution in [2.45, 2.75) is 5.16 Å². The molecule has 1 aromatic heterocycles. The van der Waals surface area contributed by atoms with Gasteiger partial charge in [0.1, 0.15) is 0 Å². The standard InChI is InChI=1S/C13H11N3O3S/c17-11(8-20-13-14-6-3-7-15-13)16-10-5-2-1-4-9(10)12(18)19/h1-7H,8H2,(H,16,17)(H,18,19). The van der Waals surface area contributed by atoms with Crippen LogP contribution < -0.4 is 5.32 Å². The van der Waals surface area contributed by atoms with E-state index in [4.69, 9.17) is 5.11 Å². The van der Waals surface area contributed by atoms with E-state index in [0.29, 0.717) is 5.16 Å². The Morgan fingerprint density at radius 2 is 1.85 bits per heavy atom. The minimum Gasteiger partial charge on any atom is -0.478 e. The molecule has 0 saturated heterocycles. The Balaban J connectivity index is 1.97. The van der Waals surface area contributed by atoms with Crippen LogP contribution >= 0.6 is 11.8 Å². The monoisotopic (exact) mass is 289 g/mol. The van der Waals surface area contributed by atoms with Crippen LogP contribution in [0.4, 0.5) is 5.69 Å². The van der Waals surface area contributed by atoms with Crippen LogP contribution in [0.3, 0.4) is 0 Å². The summed E-state index contributed by atoms with van der Waals surface area (Å²) in [5.41, 5.74) is 0.335. The van der Waals surface area contributed by atoms with Crippen LogP contribution in [-0.4, -0.2) is 32.7 Å². The molecule has 0 aliphatic rings. The lowest BCUT2D eigenvalue weighted by atomic mass is 10.2. The van der Waals surface area contributed by atoms with E-state index in [0.717, 1.165) is 0 Å².